The first kappa shape index (κ1) is 26.7. The number of methoxy groups -OCH3 is 1. The first-order valence-corrected chi connectivity index (χ1v) is 10.8. The monoisotopic (exact) mass is 472 g/mol. The largest absolute Gasteiger partial charge is 0.508 e. The van der Waals surface area contributed by atoms with E-state index in [2.05, 4.69) is 10.6 Å². The van der Waals surface area contributed by atoms with E-state index in [0.717, 1.165) is 5.56 Å². The molecule has 0 saturated carbocycles. The normalized spacial score (nSPS) is 12.8. The number of hydrogen-bond donors (Lipinski definition) is 3. The zero-order valence-corrected chi connectivity index (χ0v) is 19.9. The number of ether oxygens (including phenoxy) is 3. The fourth-order valence-electron chi connectivity index (χ4n) is 2.98. The third-order valence-corrected chi connectivity index (χ3v) is 4.58. The van der Waals surface area contributed by atoms with Crippen molar-refractivity contribution in [1.29, 1.82) is 0 Å². The van der Waals surface area contributed by atoms with Crippen molar-refractivity contribution >= 4 is 18.0 Å². The molecule has 0 aromatic heterocycles. The lowest BCUT2D eigenvalue weighted by Crippen LogP contribution is -2.54. The number of nitrogens with one attached hydrogen (secondary N) is 2. The van der Waals surface area contributed by atoms with Gasteiger partial charge in [-0.2, -0.15) is 0 Å². The molecule has 2 amide bonds. The number of hydrogen-bond acceptors (Lipinski definition) is 7. The average molecular weight is 473 g/mol. The van der Waals surface area contributed by atoms with Crippen LogP contribution in [0.5, 0.6) is 5.75 Å². The van der Waals surface area contributed by atoms with E-state index in [9.17, 15) is 19.5 Å². The summed E-state index contributed by atoms with van der Waals surface area (Å²) >= 11 is 0. The Bertz CT molecular complexity index is 940. The van der Waals surface area contributed by atoms with E-state index in [4.69, 9.17) is 14.2 Å². The molecule has 0 spiro atoms. The summed E-state index contributed by atoms with van der Waals surface area (Å²) in [6.45, 7) is 5.21. The third-order valence-electron chi connectivity index (χ3n) is 4.58. The molecule has 0 unspecified atom stereocenters. The van der Waals surface area contributed by atoms with Crippen LogP contribution in [0.3, 0.4) is 0 Å². The molecule has 2 aromatic rings. The summed E-state index contributed by atoms with van der Waals surface area (Å²) in [5.41, 5.74) is 0.841. The van der Waals surface area contributed by atoms with Gasteiger partial charge >= 0.3 is 12.1 Å². The maximum Gasteiger partial charge on any atom is 0.408 e. The van der Waals surface area contributed by atoms with Crippen LogP contribution in [-0.4, -0.2) is 54.5 Å². The van der Waals surface area contributed by atoms with Crippen molar-refractivity contribution < 1.29 is 33.7 Å². The van der Waals surface area contributed by atoms with Gasteiger partial charge in [0.15, 0.2) is 0 Å². The van der Waals surface area contributed by atoms with Crippen molar-refractivity contribution in [3.8, 4) is 5.75 Å². The maximum absolute atomic E-state index is 13.1. The van der Waals surface area contributed by atoms with Crippen LogP contribution in [0.25, 0.3) is 0 Å². The Morgan fingerprint density at radius 3 is 2.15 bits per heavy atom. The summed E-state index contributed by atoms with van der Waals surface area (Å²) in [5, 5.41) is 14.6. The van der Waals surface area contributed by atoms with Crippen LogP contribution in [0.4, 0.5) is 4.79 Å². The lowest BCUT2D eigenvalue weighted by atomic mass is 10.1. The number of carbonyl (C=O) groups is 3. The topological polar surface area (TPSA) is 123 Å². The molecule has 9 heteroatoms. The van der Waals surface area contributed by atoms with Crippen molar-refractivity contribution in [2.45, 2.75) is 51.5 Å². The van der Waals surface area contributed by atoms with Crippen molar-refractivity contribution in [3.05, 3.63) is 65.7 Å². The van der Waals surface area contributed by atoms with Gasteiger partial charge in [-0.1, -0.05) is 42.5 Å². The van der Waals surface area contributed by atoms with Crippen molar-refractivity contribution in [2.75, 3.05) is 13.7 Å². The Kier molecular flexibility index (Phi) is 9.88. The van der Waals surface area contributed by atoms with Crippen LogP contribution in [0, 0.1) is 0 Å². The van der Waals surface area contributed by atoms with Gasteiger partial charge in [-0.05, 0) is 44.0 Å². The highest BCUT2D eigenvalue weighted by molar-refractivity contribution is 5.90. The standard InChI is InChI=1S/C25H32N2O7/c1-25(2,3)34-24(31)27-21(16-33-15-18-8-6-5-7-9-18)22(29)26-20(23(30)32-4)14-17-10-12-19(28)13-11-17/h5-13,20-21,28H,14-16H2,1-4H3,(H,26,29)(H,27,31)/t20-,21-/m0/s1. The van der Waals surface area contributed by atoms with Gasteiger partial charge < -0.3 is 30.0 Å². The molecular formula is C25H32N2O7. The van der Waals surface area contributed by atoms with Crippen molar-refractivity contribution in [3.63, 3.8) is 0 Å². The van der Waals surface area contributed by atoms with Gasteiger partial charge in [0.1, 0.15) is 23.4 Å². The smallest absolute Gasteiger partial charge is 0.408 e. The van der Waals surface area contributed by atoms with Gasteiger partial charge in [0.25, 0.3) is 0 Å². The zero-order valence-electron chi connectivity index (χ0n) is 19.9. The quantitative estimate of drug-likeness (QED) is 0.454. The molecule has 0 fully saturated rings. The number of phenolic OH excluding ortho intramolecular Hbond substituents is 1. The molecule has 2 aromatic carbocycles. The second-order valence-electron chi connectivity index (χ2n) is 8.65. The van der Waals surface area contributed by atoms with E-state index in [1.54, 1.807) is 32.9 Å². The van der Waals surface area contributed by atoms with E-state index in [1.165, 1.54) is 19.2 Å². The van der Waals surface area contributed by atoms with Crippen LogP contribution < -0.4 is 10.6 Å². The summed E-state index contributed by atoms with van der Waals surface area (Å²) in [7, 11) is 1.22. The van der Waals surface area contributed by atoms with E-state index in [-0.39, 0.29) is 25.4 Å². The Morgan fingerprint density at radius 2 is 1.56 bits per heavy atom. The average Bonchev–Trinajstić information content (AvgIpc) is 2.78. The van der Waals surface area contributed by atoms with Crippen molar-refractivity contribution in [1.82, 2.24) is 10.6 Å². The molecule has 0 radical (unpaired) electrons. The molecule has 34 heavy (non-hydrogen) atoms. The summed E-state index contributed by atoms with van der Waals surface area (Å²) < 4.78 is 15.7. The molecule has 0 aliphatic rings. The lowest BCUT2D eigenvalue weighted by Gasteiger charge is -2.25. The van der Waals surface area contributed by atoms with E-state index in [0.29, 0.717) is 5.56 Å². The van der Waals surface area contributed by atoms with Crippen LogP contribution in [0.2, 0.25) is 0 Å². The highest BCUT2D eigenvalue weighted by Gasteiger charge is 2.29. The SMILES string of the molecule is COC(=O)[C@H](Cc1ccc(O)cc1)NC(=O)[C@H](COCc1ccccc1)NC(=O)OC(C)(C)C. The number of benzene rings is 2. The van der Waals surface area contributed by atoms with Gasteiger partial charge in [0.05, 0.1) is 20.3 Å². The van der Waals surface area contributed by atoms with Gasteiger partial charge in [-0.3, -0.25) is 4.79 Å². The van der Waals surface area contributed by atoms with E-state index >= 15 is 0 Å². The van der Waals surface area contributed by atoms with Gasteiger partial charge in [-0.15, -0.1) is 0 Å². The molecule has 0 bridgehead atoms. The molecule has 9 nitrogen and oxygen atoms in total. The third kappa shape index (κ3) is 9.50. The first-order valence-electron chi connectivity index (χ1n) is 10.8. The van der Waals surface area contributed by atoms with Crippen molar-refractivity contribution in [2.24, 2.45) is 0 Å². The molecule has 184 valence electrons. The molecule has 2 rings (SSSR count). The molecular weight excluding hydrogens is 440 g/mol. The Morgan fingerprint density at radius 1 is 0.912 bits per heavy atom. The molecule has 2 atom stereocenters. The Hall–Kier alpha value is -3.59. The number of carbonyl (C=O) groups excluding carboxylic acids is 3. The molecule has 0 aliphatic carbocycles. The molecule has 0 saturated heterocycles. The molecule has 0 heterocycles. The number of esters is 1. The first-order chi connectivity index (χ1) is 16.1. The fraction of sp³-hybridized carbons (Fsp3) is 0.400. The summed E-state index contributed by atoms with van der Waals surface area (Å²) in [4.78, 5) is 37.7. The number of rotatable bonds is 10. The summed E-state index contributed by atoms with van der Waals surface area (Å²) in [5.74, 6) is -1.20. The predicted octanol–water partition coefficient (Wildman–Crippen LogP) is 2.70. The van der Waals surface area contributed by atoms with E-state index < -0.39 is 35.7 Å². The minimum Gasteiger partial charge on any atom is -0.508 e. The fourth-order valence-corrected chi connectivity index (χ4v) is 2.98. The summed E-state index contributed by atoms with van der Waals surface area (Å²) in [6.07, 6.45) is -0.660. The minimum atomic E-state index is -1.12. The van der Waals surface area contributed by atoms with Crippen LogP contribution >= 0.6 is 0 Å². The second kappa shape index (κ2) is 12.6. The van der Waals surface area contributed by atoms with Gasteiger partial charge in [0, 0.05) is 6.42 Å². The Labute approximate surface area is 199 Å². The number of alkyl carbamates (subject to hydrolysis) is 1. The molecule has 0 aliphatic heterocycles. The minimum absolute atomic E-state index is 0.0830. The van der Waals surface area contributed by atoms with Crippen LogP contribution in [0.15, 0.2) is 54.6 Å². The zero-order chi connectivity index (χ0) is 25.1. The summed E-state index contributed by atoms with van der Waals surface area (Å²) in [6, 6.07) is 13.5. The van der Waals surface area contributed by atoms with Gasteiger partial charge in [0.2, 0.25) is 5.91 Å². The highest BCUT2D eigenvalue weighted by atomic mass is 16.6. The second-order valence-corrected chi connectivity index (χ2v) is 8.65. The number of phenols is 1. The van der Waals surface area contributed by atoms with Gasteiger partial charge in [-0.25, -0.2) is 9.59 Å². The lowest BCUT2D eigenvalue weighted by molar-refractivity contribution is -0.145. The Balaban J connectivity index is 2.10. The van der Waals surface area contributed by atoms with Crippen LogP contribution in [0.1, 0.15) is 31.9 Å². The van der Waals surface area contributed by atoms with E-state index in [1.807, 2.05) is 30.3 Å². The highest BCUT2D eigenvalue weighted by Crippen LogP contribution is 2.12. The number of amides is 2. The maximum atomic E-state index is 13.1. The molecule has 3 N–H and O–H groups in total. The predicted molar refractivity (Wildman–Crippen MR) is 125 cm³/mol. The number of aromatic hydroxyl groups is 1. The van der Waals surface area contributed by atoms with Crippen LogP contribution in [-0.2, 0) is 36.8 Å².